The van der Waals surface area contributed by atoms with Crippen LogP contribution in [0.5, 0.6) is 0 Å². The molecule has 6 heteroatoms. The van der Waals surface area contributed by atoms with Gasteiger partial charge in [-0.25, -0.2) is 8.42 Å². The Balaban J connectivity index is 2.01. The number of nitrogens with one attached hydrogen (secondary N) is 1. The van der Waals surface area contributed by atoms with Gasteiger partial charge in [0.25, 0.3) is 0 Å². The molecule has 0 aliphatic carbocycles. The van der Waals surface area contributed by atoms with Gasteiger partial charge in [0.2, 0.25) is 5.91 Å². The van der Waals surface area contributed by atoms with E-state index in [-0.39, 0.29) is 29.4 Å². The fourth-order valence-corrected chi connectivity index (χ4v) is 4.46. The van der Waals surface area contributed by atoms with Crippen LogP contribution in [0.1, 0.15) is 20.3 Å². The molecule has 2 aliphatic rings. The van der Waals surface area contributed by atoms with Crippen molar-refractivity contribution in [3.63, 3.8) is 0 Å². The van der Waals surface area contributed by atoms with Crippen LogP contribution in [0.15, 0.2) is 0 Å². The molecule has 1 amide bonds. The van der Waals surface area contributed by atoms with Crippen LogP contribution in [-0.4, -0.2) is 56.4 Å². The lowest BCUT2D eigenvalue weighted by Crippen LogP contribution is -2.54. The van der Waals surface area contributed by atoms with E-state index in [9.17, 15) is 13.2 Å². The largest absolute Gasteiger partial charge is 0.338 e. The number of rotatable bonds is 1. The summed E-state index contributed by atoms with van der Waals surface area (Å²) in [4.78, 5) is 14.2. The van der Waals surface area contributed by atoms with E-state index in [0.717, 1.165) is 19.5 Å². The molecule has 0 aromatic rings. The molecule has 18 heavy (non-hydrogen) atoms. The highest BCUT2D eigenvalue weighted by molar-refractivity contribution is 7.91. The molecule has 2 rings (SSSR count). The molecule has 0 aromatic heterocycles. The second kappa shape index (κ2) is 5.17. The summed E-state index contributed by atoms with van der Waals surface area (Å²) in [6.07, 6.45) is 0.905. The Labute approximate surface area is 109 Å². The van der Waals surface area contributed by atoms with E-state index in [1.54, 1.807) is 4.90 Å². The van der Waals surface area contributed by atoms with Gasteiger partial charge in [0.15, 0.2) is 9.84 Å². The Bertz CT molecular complexity index is 421. The van der Waals surface area contributed by atoms with Crippen LogP contribution in [0, 0.1) is 11.8 Å². The first-order valence-corrected chi connectivity index (χ1v) is 8.43. The lowest BCUT2D eigenvalue weighted by Gasteiger charge is -2.37. The van der Waals surface area contributed by atoms with Crippen LogP contribution in [0.4, 0.5) is 0 Å². The Morgan fingerprint density at radius 2 is 2.00 bits per heavy atom. The van der Waals surface area contributed by atoms with Gasteiger partial charge in [0, 0.05) is 19.1 Å². The minimum atomic E-state index is -2.95. The van der Waals surface area contributed by atoms with Gasteiger partial charge in [-0.1, -0.05) is 6.92 Å². The van der Waals surface area contributed by atoms with Crippen molar-refractivity contribution in [2.75, 3.05) is 31.1 Å². The Morgan fingerprint density at radius 1 is 1.28 bits per heavy atom. The molecule has 0 radical (unpaired) electrons. The van der Waals surface area contributed by atoms with Gasteiger partial charge < -0.3 is 10.2 Å². The van der Waals surface area contributed by atoms with Crippen molar-refractivity contribution in [2.45, 2.75) is 26.3 Å². The molecular formula is C12H22N2O3S. The molecule has 3 atom stereocenters. The zero-order valence-corrected chi connectivity index (χ0v) is 11.9. The van der Waals surface area contributed by atoms with Crippen molar-refractivity contribution in [3.8, 4) is 0 Å². The minimum absolute atomic E-state index is 0.0111. The van der Waals surface area contributed by atoms with Crippen LogP contribution in [0.3, 0.4) is 0 Å². The average Bonchev–Trinajstić information content (AvgIpc) is 2.27. The fraction of sp³-hybridized carbons (Fsp3) is 0.917. The van der Waals surface area contributed by atoms with Gasteiger partial charge in [-0.3, -0.25) is 4.79 Å². The van der Waals surface area contributed by atoms with Crippen LogP contribution in [0.25, 0.3) is 0 Å². The molecule has 2 aliphatic heterocycles. The van der Waals surface area contributed by atoms with E-state index in [4.69, 9.17) is 0 Å². The molecule has 0 spiro atoms. The van der Waals surface area contributed by atoms with Gasteiger partial charge in [0.1, 0.15) is 0 Å². The first-order valence-electron chi connectivity index (χ1n) is 6.60. The number of carbonyl (C=O) groups excluding carboxylic acids is 1. The predicted molar refractivity (Wildman–Crippen MR) is 70.0 cm³/mol. The summed E-state index contributed by atoms with van der Waals surface area (Å²) in [5, 5.41) is 3.27. The van der Waals surface area contributed by atoms with Gasteiger partial charge in [-0.15, -0.1) is 0 Å². The van der Waals surface area contributed by atoms with E-state index in [0.29, 0.717) is 12.5 Å². The summed E-state index contributed by atoms with van der Waals surface area (Å²) in [6, 6.07) is -0.187. The van der Waals surface area contributed by atoms with Crippen molar-refractivity contribution in [2.24, 2.45) is 11.8 Å². The third-order valence-electron chi connectivity index (χ3n) is 3.87. The Hall–Kier alpha value is -0.620. The maximum Gasteiger partial charge on any atom is 0.227 e. The van der Waals surface area contributed by atoms with Crippen LogP contribution >= 0.6 is 0 Å². The molecule has 104 valence electrons. The van der Waals surface area contributed by atoms with Crippen molar-refractivity contribution < 1.29 is 13.2 Å². The second-order valence-electron chi connectivity index (χ2n) is 5.69. The van der Waals surface area contributed by atoms with Gasteiger partial charge in [-0.05, 0) is 25.8 Å². The van der Waals surface area contributed by atoms with Crippen LogP contribution < -0.4 is 5.32 Å². The highest BCUT2D eigenvalue weighted by atomic mass is 32.2. The molecule has 2 fully saturated rings. The summed E-state index contributed by atoms with van der Waals surface area (Å²) in [5.41, 5.74) is 0. The van der Waals surface area contributed by atoms with Crippen molar-refractivity contribution in [3.05, 3.63) is 0 Å². The van der Waals surface area contributed by atoms with Gasteiger partial charge >= 0.3 is 0 Å². The van der Waals surface area contributed by atoms with Crippen LogP contribution in [-0.2, 0) is 14.6 Å². The first kappa shape index (κ1) is 13.8. The number of amides is 1. The number of carbonyl (C=O) groups is 1. The summed E-state index contributed by atoms with van der Waals surface area (Å²) < 4.78 is 23.0. The summed E-state index contributed by atoms with van der Waals surface area (Å²) in [7, 11) is -2.95. The Morgan fingerprint density at radius 3 is 2.61 bits per heavy atom. The zero-order chi connectivity index (χ0) is 13.3. The van der Waals surface area contributed by atoms with Crippen molar-refractivity contribution >= 4 is 15.7 Å². The SMILES string of the molecule is CC1CNCC(C(=O)N2CCS(=O)(=O)CC2C)C1. The molecule has 0 aromatic carbocycles. The van der Waals surface area contributed by atoms with Crippen molar-refractivity contribution in [1.29, 1.82) is 0 Å². The van der Waals surface area contributed by atoms with Gasteiger partial charge in [-0.2, -0.15) is 0 Å². The summed E-state index contributed by atoms with van der Waals surface area (Å²) in [6.45, 7) is 6.00. The van der Waals surface area contributed by atoms with Gasteiger partial charge in [0.05, 0.1) is 17.4 Å². The van der Waals surface area contributed by atoms with Crippen molar-refractivity contribution in [1.82, 2.24) is 10.2 Å². The zero-order valence-electron chi connectivity index (χ0n) is 11.1. The van der Waals surface area contributed by atoms with E-state index >= 15 is 0 Å². The topological polar surface area (TPSA) is 66.5 Å². The first-order chi connectivity index (χ1) is 8.39. The maximum absolute atomic E-state index is 12.4. The standard InChI is InChI=1S/C12H22N2O3S/c1-9-5-11(7-13-6-9)12(15)14-3-4-18(16,17)8-10(14)2/h9-11,13H,3-8H2,1-2H3. The quantitative estimate of drug-likeness (QED) is 0.724. The fourth-order valence-electron chi connectivity index (χ4n) is 2.90. The summed E-state index contributed by atoms with van der Waals surface area (Å²) >= 11 is 0. The molecule has 5 nitrogen and oxygen atoms in total. The average molecular weight is 274 g/mol. The lowest BCUT2D eigenvalue weighted by atomic mass is 9.90. The third kappa shape index (κ3) is 3.03. The number of piperidine rings is 1. The smallest absolute Gasteiger partial charge is 0.227 e. The highest BCUT2D eigenvalue weighted by Gasteiger charge is 2.35. The predicted octanol–water partition coefficient (Wildman–Crippen LogP) is -0.122. The molecule has 3 unspecified atom stereocenters. The summed E-state index contributed by atoms with van der Waals surface area (Å²) in [5.74, 6) is 0.859. The number of nitrogens with zero attached hydrogens (tertiary/aromatic N) is 1. The number of hydrogen-bond acceptors (Lipinski definition) is 4. The van der Waals surface area contributed by atoms with E-state index in [1.165, 1.54) is 0 Å². The molecular weight excluding hydrogens is 252 g/mol. The monoisotopic (exact) mass is 274 g/mol. The lowest BCUT2D eigenvalue weighted by molar-refractivity contribution is -0.138. The molecule has 2 saturated heterocycles. The molecule has 0 saturated carbocycles. The molecule has 2 heterocycles. The molecule has 1 N–H and O–H groups in total. The highest BCUT2D eigenvalue weighted by Crippen LogP contribution is 2.21. The van der Waals surface area contributed by atoms with E-state index in [2.05, 4.69) is 12.2 Å². The van der Waals surface area contributed by atoms with E-state index in [1.807, 2.05) is 6.92 Å². The third-order valence-corrected chi connectivity index (χ3v) is 5.67. The molecule has 0 bridgehead atoms. The second-order valence-corrected chi connectivity index (χ2v) is 7.92. The number of sulfone groups is 1. The minimum Gasteiger partial charge on any atom is -0.338 e. The number of hydrogen-bond donors (Lipinski definition) is 1. The van der Waals surface area contributed by atoms with Crippen LogP contribution in [0.2, 0.25) is 0 Å². The Kier molecular flexibility index (Phi) is 3.96. The van der Waals surface area contributed by atoms with E-state index < -0.39 is 9.84 Å². The normalized spacial score (nSPS) is 36.3. The maximum atomic E-state index is 12.4.